The molecule has 0 aliphatic carbocycles. The standard InChI is InChI=1S/C9H8Br2ClNO2/c1-2-15-9(14)7(12)8-6(11)3-5(10)4-13-8/h3-4,7H,2H2,1H3. The SMILES string of the molecule is CCOC(=O)C(Cl)c1ncc(Br)cc1Br. The van der Waals surface area contributed by atoms with Crippen molar-refractivity contribution in [3.8, 4) is 0 Å². The highest BCUT2D eigenvalue weighted by Crippen LogP contribution is 2.29. The van der Waals surface area contributed by atoms with Gasteiger partial charge in [-0.3, -0.25) is 9.78 Å². The van der Waals surface area contributed by atoms with Gasteiger partial charge in [0.2, 0.25) is 0 Å². The zero-order valence-corrected chi connectivity index (χ0v) is 11.8. The Labute approximate surface area is 109 Å². The van der Waals surface area contributed by atoms with Crippen LogP contribution in [0.2, 0.25) is 0 Å². The number of carbonyl (C=O) groups excluding carboxylic acids is 1. The molecule has 0 saturated heterocycles. The number of ether oxygens (including phenoxy) is 1. The fraction of sp³-hybridized carbons (Fsp3) is 0.333. The Bertz CT molecular complexity index is 373. The van der Waals surface area contributed by atoms with Crippen LogP contribution in [-0.4, -0.2) is 17.6 Å². The van der Waals surface area contributed by atoms with Crippen LogP contribution in [0, 0.1) is 0 Å². The molecule has 1 unspecified atom stereocenters. The number of esters is 1. The van der Waals surface area contributed by atoms with Crippen molar-refractivity contribution in [2.75, 3.05) is 6.61 Å². The van der Waals surface area contributed by atoms with Crippen LogP contribution in [-0.2, 0) is 9.53 Å². The fourth-order valence-electron chi connectivity index (χ4n) is 0.939. The smallest absolute Gasteiger partial charge is 0.330 e. The average molecular weight is 357 g/mol. The van der Waals surface area contributed by atoms with Gasteiger partial charge in [0.25, 0.3) is 0 Å². The van der Waals surface area contributed by atoms with Gasteiger partial charge in [-0.05, 0) is 44.8 Å². The summed E-state index contributed by atoms with van der Waals surface area (Å²) in [5.74, 6) is -0.491. The van der Waals surface area contributed by atoms with E-state index in [2.05, 4.69) is 36.8 Å². The minimum absolute atomic E-state index is 0.302. The third-order valence-corrected chi connectivity index (χ3v) is 3.02. The molecule has 1 aromatic rings. The first kappa shape index (κ1) is 12.9. The minimum Gasteiger partial charge on any atom is -0.465 e. The summed E-state index contributed by atoms with van der Waals surface area (Å²) in [6, 6.07) is 1.77. The largest absolute Gasteiger partial charge is 0.465 e. The summed E-state index contributed by atoms with van der Waals surface area (Å²) in [5.41, 5.74) is 0.457. The van der Waals surface area contributed by atoms with E-state index in [-0.39, 0.29) is 0 Å². The number of carbonyl (C=O) groups is 1. The van der Waals surface area contributed by atoms with Crippen LogP contribution in [0.25, 0.3) is 0 Å². The second-order valence-corrected chi connectivity index (χ2v) is 4.84. The van der Waals surface area contributed by atoms with E-state index in [1.54, 1.807) is 19.2 Å². The number of hydrogen-bond donors (Lipinski definition) is 0. The number of rotatable bonds is 3. The highest BCUT2D eigenvalue weighted by Gasteiger charge is 2.22. The molecule has 0 fully saturated rings. The molecule has 3 nitrogen and oxygen atoms in total. The van der Waals surface area contributed by atoms with Crippen LogP contribution in [0.3, 0.4) is 0 Å². The lowest BCUT2D eigenvalue weighted by Gasteiger charge is -2.09. The van der Waals surface area contributed by atoms with Gasteiger partial charge in [0, 0.05) is 15.1 Å². The van der Waals surface area contributed by atoms with Crippen molar-refractivity contribution in [1.82, 2.24) is 4.98 Å². The quantitative estimate of drug-likeness (QED) is 0.614. The van der Waals surface area contributed by atoms with Gasteiger partial charge in [0.05, 0.1) is 12.3 Å². The monoisotopic (exact) mass is 355 g/mol. The van der Waals surface area contributed by atoms with Crippen LogP contribution in [0.15, 0.2) is 21.2 Å². The van der Waals surface area contributed by atoms with Crippen LogP contribution in [0.5, 0.6) is 0 Å². The van der Waals surface area contributed by atoms with Gasteiger partial charge in [-0.15, -0.1) is 11.6 Å². The molecule has 82 valence electrons. The van der Waals surface area contributed by atoms with E-state index in [0.29, 0.717) is 16.8 Å². The van der Waals surface area contributed by atoms with Crippen molar-refractivity contribution in [3.63, 3.8) is 0 Å². The Hall–Kier alpha value is -0.130. The van der Waals surface area contributed by atoms with Gasteiger partial charge >= 0.3 is 5.97 Å². The zero-order valence-electron chi connectivity index (χ0n) is 7.84. The van der Waals surface area contributed by atoms with Crippen LogP contribution in [0.4, 0.5) is 0 Å². The lowest BCUT2D eigenvalue weighted by molar-refractivity contribution is -0.142. The molecule has 15 heavy (non-hydrogen) atoms. The van der Waals surface area contributed by atoms with Gasteiger partial charge in [-0.25, -0.2) is 0 Å². The summed E-state index contributed by atoms with van der Waals surface area (Å²) in [4.78, 5) is 15.4. The molecule has 1 heterocycles. The topological polar surface area (TPSA) is 39.2 Å². The Morgan fingerprint density at radius 3 is 2.87 bits per heavy atom. The maximum Gasteiger partial charge on any atom is 0.330 e. The summed E-state index contributed by atoms with van der Waals surface area (Å²) >= 11 is 12.5. The highest BCUT2D eigenvalue weighted by molar-refractivity contribution is 9.11. The molecule has 0 N–H and O–H groups in total. The van der Waals surface area contributed by atoms with E-state index in [1.807, 2.05) is 0 Å². The summed E-state index contributed by atoms with van der Waals surface area (Å²) < 4.78 is 6.28. The second kappa shape index (κ2) is 5.82. The summed E-state index contributed by atoms with van der Waals surface area (Å²) in [6.07, 6.45) is 1.58. The first-order valence-electron chi connectivity index (χ1n) is 4.18. The van der Waals surface area contributed by atoms with Gasteiger partial charge < -0.3 is 4.74 Å². The molecule has 0 aromatic carbocycles. The third-order valence-electron chi connectivity index (χ3n) is 1.57. The normalized spacial score (nSPS) is 12.3. The first-order valence-corrected chi connectivity index (χ1v) is 6.20. The molecule has 1 rings (SSSR count). The number of aromatic nitrogens is 1. The number of pyridine rings is 1. The maximum atomic E-state index is 11.4. The Kier molecular flexibility index (Phi) is 5.02. The van der Waals surface area contributed by atoms with E-state index in [1.165, 1.54) is 0 Å². The molecule has 0 amide bonds. The van der Waals surface area contributed by atoms with Crippen molar-refractivity contribution in [2.24, 2.45) is 0 Å². The first-order chi connectivity index (χ1) is 7.06. The van der Waals surface area contributed by atoms with Crippen molar-refractivity contribution in [3.05, 3.63) is 26.9 Å². The van der Waals surface area contributed by atoms with Gasteiger partial charge in [-0.1, -0.05) is 0 Å². The van der Waals surface area contributed by atoms with Gasteiger partial charge in [-0.2, -0.15) is 0 Å². The van der Waals surface area contributed by atoms with Crippen LogP contribution < -0.4 is 0 Å². The summed E-state index contributed by atoms with van der Waals surface area (Å²) in [5, 5.41) is -0.882. The van der Waals surface area contributed by atoms with Crippen LogP contribution in [0.1, 0.15) is 18.0 Å². The third kappa shape index (κ3) is 3.43. The molecule has 0 aliphatic heterocycles. The highest BCUT2D eigenvalue weighted by atomic mass is 79.9. The molecule has 0 spiro atoms. The van der Waals surface area contributed by atoms with Gasteiger partial charge in [0.15, 0.2) is 5.38 Å². The lowest BCUT2D eigenvalue weighted by atomic mass is 10.2. The van der Waals surface area contributed by atoms with E-state index >= 15 is 0 Å². The summed E-state index contributed by atoms with van der Waals surface area (Å²) in [7, 11) is 0. The van der Waals surface area contributed by atoms with E-state index in [0.717, 1.165) is 4.47 Å². The van der Waals surface area contributed by atoms with Crippen molar-refractivity contribution < 1.29 is 9.53 Å². The molecule has 6 heteroatoms. The van der Waals surface area contributed by atoms with Crippen molar-refractivity contribution in [1.29, 1.82) is 0 Å². The summed E-state index contributed by atoms with van der Waals surface area (Å²) in [6.45, 7) is 2.03. The number of nitrogens with zero attached hydrogens (tertiary/aromatic N) is 1. The minimum atomic E-state index is -0.882. The molecular weight excluding hydrogens is 349 g/mol. The van der Waals surface area contributed by atoms with Crippen molar-refractivity contribution >= 4 is 49.4 Å². The van der Waals surface area contributed by atoms with Gasteiger partial charge in [0.1, 0.15) is 0 Å². The molecule has 0 aliphatic rings. The average Bonchev–Trinajstić information content (AvgIpc) is 2.17. The predicted octanol–water partition coefficient (Wildman–Crippen LogP) is 3.45. The van der Waals surface area contributed by atoms with E-state index < -0.39 is 11.3 Å². The molecule has 1 atom stereocenters. The Morgan fingerprint density at radius 1 is 1.67 bits per heavy atom. The molecular formula is C9H8Br2ClNO2. The predicted molar refractivity (Wildman–Crippen MR) is 64.9 cm³/mol. The number of alkyl halides is 1. The van der Waals surface area contributed by atoms with Crippen LogP contribution >= 0.6 is 43.5 Å². The second-order valence-electron chi connectivity index (χ2n) is 2.64. The van der Waals surface area contributed by atoms with E-state index in [9.17, 15) is 4.79 Å². The number of halogens is 3. The Balaban J connectivity index is 2.91. The number of hydrogen-bond acceptors (Lipinski definition) is 3. The maximum absolute atomic E-state index is 11.4. The fourth-order valence-corrected chi connectivity index (χ4v) is 2.52. The lowest BCUT2D eigenvalue weighted by Crippen LogP contribution is -2.12. The molecule has 0 bridgehead atoms. The zero-order chi connectivity index (χ0) is 11.4. The molecule has 0 radical (unpaired) electrons. The van der Waals surface area contributed by atoms with E-state index in [4.69, 9.17) is 16.3 Å². The molecule has 0 saturated carbocycles. The molecule has 1 aromatic heterocycles. The Morgan fingerprint density at radius 2 is 2.33 bits per heavy atom. The van der Waals surface area contributed by atoms with Crippen molar-refractivity contribution in [2.45, 2.75) is 12.3 Å².